The van der Waals surface area contributed by atoms with Crippen LogP contribution in [0.2, 0.25) is 18.1 Å². The molecule has 1 atom stereocenters. The van der Waals surface area contributed by atoms with Crippen LogP contribution in [-0.2, 0) is 10.8 Å². The lowest BCUT2D eigenvalue weighted by atomic mass is 10.1. The average molecular weight is 361 g/mol. The molecule has 0 aliphatic rings. The zero-order valence-electron chi connectivity index (χ0n) is 12.7. The van der Waals surface area contributed by atoms with Gasteiger partial charge in [-0.2, -0.15) is 0 Å². The number of rotatable bonds is 4. The van der Waals surface area contributed by atoms with Crippen LogP contribution >= 0.6 is 28.6 Å². The van der Waals surface area contributed by atoms with E-state index in [4.69, 9.17) is 4.43 Å². The average Bonchev–Trinajstić information content (AvgIpc) is 2.19. The molecule has 0 aliphatic heterocycles. The molecular weight excluding hydrogens is 336 g/mol. The van der Waals surface area contributed by atoms with Gasteiger partial charge in [-0.15, -0.1) is 12.6 Å². The topological polar surface area (TPSA) is 9.23 Å². The Morgan fingerprint density at radius 2 is 1.89 bits per heavy atom. The first-order valence-corrected chi connectivity index (χ1v) is 10.9. The third-order valence-corrected chi connectivity index (χ3v) is 9.40. The number of hydrogen-bond acceptors (Lipinski definition) is 2. The van der Waals surface area contributed by atoms with Gasteiger partial charge in [0, 0.05) is 10.9 Å². The van der Waals surface area contributed by atoms with Crippen LogP contribution < -0.4 is 0 Å². The fourth-order valence-electron chi connectivity index (χ4n) is 1.63. The van der Waals surface area contributed by atoms with Crippen molar-refractivity contribution in [1.29, 1.82) is 0 Å². The number of hydrogen-bond donors (Lipinski definition) is 1. The lowest BCUT2D eigenvalue weighted by Gasteiger charge is -2.38. The van der Waals surface area contributed by atoms with Crippen molar-refractivity contribution in [2.45, 2.75) is 57.7 Å². The van der Waals surface area contributed by atoms with E-state index in [1.807, 2.05) is 0 Å². The van der Waals surface area contributed by atoms with Crippen LogP contribution in [0.5, 0.6) is 0 Å². The largest absolute Gasteiger partial charge is 0.405 e. The Hall–Kier alpha value is 0.227. The van der Waals surface area contributed by atoms with Crippen molar-refractivity contribution in [3.05, 3.63) is 33.8 Å². The van der Waals surface area contributed by atoms with Crippen molar-refractivity contribution >= 4 is 36.9 Å². The van der Waals surface area contributed by atoms with Crippen LogP contribution in [0.25, 0.3) is 0 Å². The number of benzene rings is 1. The minimum absolute atomic E-state index is 0.0271. The minimum Gasteiger partial charge on any atom is -0.405 e. The van der Waals surface area contributed by atoms with E-state index in [-0.39, 0.29) is 10.5 Å². The summed E-state index contributed by atoms with van der Waals surface area (Å²) < 4.78 is 7.40. The van der Waals surface area contributed by atoms with E-state index in [9.17, 15) is 0 Å². The molecule has 1 unspecified atom stereocenters. The predicted octanol–water partition coefficient (Wildman–Crippen LogP) is 5.58. The standard InChI is InChI=1S/C15H25BrOSSi/c1-11-9-13(16)8-7-12(11)10-14(18)17-19(5,6)15(2,3)4/h7-9,14,18H,10H2,1-6H3. The molecule has 1 rings (SSSR count). The van der Waals surface area contributed by atoms with Crippen LogP contribution in [0, 0.1) is 6.92 Å². The lowest BCUT2D eigenvalue weighted by molar-refractivity contribution is 0.263. The van der Waals surface area contributed by atoms with E-state index in [2.05, 4.69) is 87.5 Å². The van der Waals surface area contributed by atoms with E-state index >= 15 is 0 Å². The van der Waals surface area contributed by atoms with Gasteiger partial charge in [0.25, 0.3) is 0 Å². The normalized spacial score (nSPS) is 14.5. The van der Waals surface area contributed by atoms with Crippen LogP contribution in [-0.4, -0.2) is 13.8 Å². The quantitative estimate of drug-likeness (QED) is 0.419. The van der Waals surface area contributed by atoms with Gasteiger partial charge >= 0.3 is 0 Å². The minimum atomic E-state index is -1.74. The molecule has 0 heterocycles. The Labute approximate surface area is 132 Å². The number of aryl methyl sites for hydroxylation is 1. The summed E-state index contributed by atoms with van der Waals surface area (Å²) in [5, 5.41) is 0.225. The summed E-state index contributed by atoms with van der Waals surface area (Å²) in [6.45, 7) is 13.4. The lowest BCUT2D eigenvalue weighted by Crippen LogP contribution is -2.43. The van der Waals surface area contributed by atoms with Gasteiger partial charge in [0.15, 0.2) is 8.32 Å². The van der Waals surface area contributed by atoms with Gasteiger partial charge in [0.1, 0.15) is 0 Å². The molecule has 0 radical (unpaired) electrons. The predicted molar refractivity (Wildman–Crippen MR) is 93.6 cm³/mol. The third kappa shape index (κ3) is 4.92. The Morgan fingerprint density at radius 1 is 1.32 bits per heavy atom. The van der Waals surface area contributed by atoms with Crippen LogP contribution in [0.4, 0.5) is 0 Å². The van der Waals surface area contributed by atoms with Gasteiger partial charge < -0.3 is 4.43 Å². The second-order valence-electron chi connectivity index (χ2n) is 6.61. The van der Waals surface area contributed by atoms with Crippen molar-refractivity contribution < 1.29 is 4.43 Å². The fraction of sp³-hybridized carbons (Fsp3) is 0.600. The molecule has 19 heavy (non-hydrogen) atoms. The van der Waals surface area contributed by atoms with Gasteiger partial charge in [0.2, 0.25) is 0 Å². The molecule has 0 N–H and O–H groups in total. The van der Waals surface area contributed by atoms with Crippen molar-refractivity contribution in [3.8, 4) is 0 Å². The maximum absolute atomic E-state index is 6.28. The Bertz CT molecular complexity index is 440. The zero-order chi connectivity index (χ0) is 14.8. The molecule has 0 fully saturated rings. The molecule has 1 nitrogen and oxygen atoms in total. The molecule has 0 bridgehead atoms. The second kappa shape index (κ2) is 6.33. The van der Waals surface area contributed by atoms with Crippen LogP contribution in [0.3, 0.4) is 0 Å². The van der Waals surface area contributed by atoms with Crippen molar-refractivity contribution in [1.82, 2.24) is 0 Å². The third-order valence-electron chi connectivity index (χ3n) is 3.94. The van der Waals surface area contributed by atoms with Gasteiger partial charge in [-0.05, 0) is 48.3 Å². The molecule has 0 saturated carbocycles. The molecule has 1 aromatic carbocycles. The first-order valence-electron chi connectivity index (χ1n) is 6.64. The highest BCUT2D eigenvalue weighted by Gasteiger charge is 2.38. The highest BCUT2D eigenvalue weighted by Crippen LogP contribution is 2.38. The zero-order valence-corrected chi connectivity index (χ0v) is 16.2. The van der Waals surface area contributed by atoms with Crippen molar-refractivity contribution in [3.63, 3.8) is 0 Å². The van der Waals surface area contributed by atoms with Gasteiger partial charge in [-0.1, -0.05) is 42.8 Å². The molecular formula is C15H25BrOSSi. The molecule has 0 amide bonds. The molecule has 108 valence electrons. The Kier molecular flexibility index (Phi) is 5.76. The van der Waals surface area contributed by atoms with Crippen LogP contribution in [0.15, 0.2) is 22.7 Å². The van der Waals surface area contributed by atoms with E-state index < -0.39 is 8.32 Å². The highest BCUT2D eigenvalue weighted by molar-refractivity contribution is 9.10. The van der Waals surface area contributed by atoms with Crippen LogP contribution in [0.1, 0.15) is 31.9 Å². The number of thiol groups is 1. The molecule has 0 saturated heterocycles. The SMILES string of the molecule is Cc1cc(Br)ccc1CC(S)O[Si](C)(C)C(C)(C)C. The van der Waals surface area contributed by atoms with E-state index in [0.717, 1.165) is 10.9 Å². The van der Waals surface area contributed by atoms with Gasteiger partial charge in [-0.3, -0.25) is 0 Å². The van der Waals surface area contributed by atoms with E-state index in [1.165, 1.54) is 11.1 Å². The summed E-state index contributed by atoms with van der Waals surface area (Å²) in [6, 6.07) is 6.37. The molecule has 0 spiro atoms. The smallest absolute Gasteiger partial charge is 0.193 e. The molecule has 0 aromatic heterocycles. The maximum atomic E-state index is 6.28. The summed E-state index contributed by atoms with van der Waals surface area (Å²) in [6.07, 6.45) is 0.856. The summed E-state index contributed by atoms with van der Waals surface area (Å²) in [4.78, 5) is 0. The number of halogens is 1. The Balaban J connectivity index is 2.73. The first kappa shape index (κ1) is 17.3. The summed E-state index contributed by atoms with van der Waals surface area (Å²) in [7, 11) is -1.74. The van der Waals surface area contributed by atoms with Gasteiger partial charge in [-0.25, -0.2) is 0 Å². The van der Waals surface area contributed by atoms with Crippen molar-refractivity contribution in [2.24, 2.45) is 0 Å². The maximum Gasteiger partial charge on any atom is 0.193 e. The summed E-state index contributed by atoms with van der Waals surface area (Å²) >= 11 is 8.13. The fourth-order valence-corrected chi connectivity index (χ4v) is 4.21. The first-order chi connectivity index (χ1) is 8.53. The van der Waals surface area contributed by atoms with Crippen molar-refractivity contribution in [2.75, 3.05) is 0 Å². The summed E-state index contributed by atoms with van der Waals surface area (Å²) in [5.74, 6) is 0. The molecule has 0 aliphatic carbocycles. The van der Waals surface area contributed by atoms with E-state index in [0.29, 0.717) is 0 Å². The van der Waals surface area contributed by atoms with Gasteiger partial charge in [0.05, 0.1) is 5.44 Å². The summed E-state index contributed by atoms with van der Waals surface area (Å²) in [5.41, 5.74) is 2.56. The van der Waals surface area contributed by atoms with E-state index in [1.54, 1.807) is 0 Å². The second-order valence-corrected chi connectivity index (χ2v) is 12.9. The molecule has 1 aromatic rings. The Morgan fingerprint density at radius 3 is 2.37 bits per heavy atom. The molecule has 4 heteroatoms. The highest BCUT2D eigenvalue weighted by atomic mass is 79.9. The monoisotopic (exact) mass is 360 g/mol.